The minimum absolute atomic E-state index is 0.199. The summed E-state index contributed by atoms with van der Waals surface area (Å²) in [5.41, 5.74) is 7.60. The fourth-order valence-electron chi connectivity index (χ4n) is 2.60. The molecule has 1 saturated heterocycles. The molecule has 2 rings (SSSR count). The predicted molar refractivity (Wildman–Crippen MR) is 74.6 cm³/mol. The first-order valence-electron chi connectivity index (χ1n) is 6.81. The number of β-amino-alcohol motifs (C(OH)–C–C–N with tert-alkyl or cyclic N) is 1. The Morgan fingerprint density at radius 2 is 2.05 bits per heavy atom. The molecule has 0 aromatic heterocycles. The Balaban J connectivity index is 2.09. The summed E-state index contributed by atoms with van der Waals surface area (Å²) in [6.45, 7) is 5.02. The summed E-state index contributed by atoms with van der Waals surface area (Å²) >= 11 is 0. The molecule has 1 aliphatic rings. The Labute approximate surface area is 113 Å². The third kappa shape index (κ3) is 3.65. The molecule has 0 spiro atoms. The molecule has 19 heavy (non-hydrogen) atoms. The average Bonchev–Trinajstić information content (AvgIpc) is 2.65. The molecule has 1 aromatic rings. The topological polar surface area (TPSA) is 52.7 Å². The standard InChI is InChI=1S/C14H22FN3O/c15-13-2-3-14(12(10-13)11-16)18-5-1-4-17(6-7-18)8-9-19/h2-3,10,19H,1,4-9,11,16H2. The van der Waals surface area contributed by atoms with Crippen LogP contribution in [0, 0.1) is 5.82 Å². The monoisotopic (exact) mass is 267 g/mol. The molecule has 5 heteroatoms. The van der Waals surface area contributed by atoms with Crippen LogP contribution in [0.25, 0.3) is 0 Å². The molecule has 0 amide bonds. The van der Waals surface area contributed by atoms with Gasteiger partial charge in [-0.3, -0.25) is 4.90 Å². The third-order valence-electron chi connectivity index (χ3n) is 3.61. The number of nitrogens with two attached hydrogens (primary N) is 1. The third-order valence-corrected chi connectivity index (χ3v) is 3.61. The lowest BCUT2D eigenvalue weighted by Crippen LogP contribution is -2.32. The van der Waals surface area contributed by atoms with Crippen LogP contribution in [0.4, 0.5) is 10.1 Å². The van der Waals surface area contributed by atoms with Gasteiger partial charge in [0.25, 0.3) is 0 Å². The Kier molecular flexibility index (Phi) is 5.13. The van der Waals surface area contributed by atoms with Gasteiger partial charge in [-0.05, 0) is 36.7 Å². The fourth-order valence-corrected chi connectivity index (χ4v) is 2.60. The van der Waals surface area contributed by atoms with Crippen molar-refractivity contribution in [2.24, 2.45) is 5.73 Å². The van der Waals surface area contributed by atoms with Gasteiger partial charge in [0.1, 0.15) is 5.82 Å². The first-order chi connectivity index (χ1) is 9.24. The molecule has 4 nitrogen and oxygen atoms in total. The summed E-state index contributed by atoms with van der Waals surface area (Å²) in [6, 6.07) is 4.83. The van der Waals surface area contributed by atoms with Gasteiger partial charge in [-0.25, -0.2) is 4.39 Å². The van der Waals surface area contributed by atoms with Crippen LogP contribution in [0.1, 0.15) is 12.0 Å². The van der Waals surface area contributed by atoms with Crippen molar-refractivity contribution in [2.45, 2.75) is 13.0 Å². The molecule has 0 saturated carbocycles. The highest BCUT2D eigenvalue weighted by atomic mass is 19.1. The first-order valence-corrected chi connectivity index (χ1v) is 6.81. The van der Waals surface area contributed by atoms with E-state index in [-0.39, 0.29) is 12.4 Å². The molecule has 0 radical (unpaired) electrons. The lowest BCUT2D eigenvalue weighted by Gasteiger charge is -2.25. The molecule has 3 N–H and O–H groups in total. The van der Waals surface area contributed by atoms with Crippen molar-refractivity contribution >= 4 is 5.69 Å². The zero-order valence-electron chi connectivity index (χ0n) is 11.2. The molecule has 1 fully saturated rings. The predicted octanol–water partition coefficient (Wildman–Crippen LogP) is 0.789. The number of anilines is 1. The van der Waals surface area contributed by atoms with Crippen molar-refractivity contribution < 1.29 is 9.50 Å². The van der Waals surface area contributed by atoms with Crippen molar-refractivity contribution in [3.63, 3.8) is 0 Å². The zero-order valence-corrected chi connectivity index (χ0v) is 11.2. The van der Waals surface area contributed by atoms with Gasteiger partial charge in [-0.2, -0.15) is 0 Å². The summed E-state index contributed by atoms with van der Waals surface area (Å²) in [5, 5.41) is 8.99. The van der Waals surface area contributed by atoms with Gasteiger partial charge < -0.3 is 15.7 Å². The van der Waals surface area contributed by atoms with Crippen LogP contribution >= 0.6 is 0 Å². The fraction of sp³-hybridized carbons (Fsp3) is 0.571. The molecule has 106 valence electrons. The second kappa shape index (κ2) is 6.84. The lowest BCUT2D eigenvalue weighted by atomic mass is 10.1. The second-order valence-corrected chi connectivity index (χ2v) is 4.88. The van der Waals surface area contributed by atoms with Crippen LogP contribution in [-0.2, 0) is 6.54 Å². The van der Waals surface area contributed by atoms with Crippen molar-refractivity contribution in [2.75, 3.05) is 44.2 Å². The van der Waals surface area contributed by atoms with Crippen molar-refractivity contribution in [1.82, 2.24) is 4.90 Å². The summed E-state index contributed by atoms with van der Waals surface area (Å²) in [6.07, 6.45) is 1.04. The molecular weight excluding hydrogens is 245 g/mol. The Morgan fingerprint density at radius 1 is 1.21 bits per heavy atom. The van der Waals surface area contributed by atoms with Crippen LogP contribution in [0.2, 0.25) is 0 Å². The molecule has 0 bridgehead atoms. The second-order valence-electron chi connectivity index (χ2n) is 4.88. The molecule has 0 atom stereocenters. The van der Waals surface area contributed by atoms with Gasteiger partial charge in [-0.15, -0.1) is 0 Å². The van der Waals surface area contributed by atoms with Gasteiger partial charge in [0.2, 0.25) is 0 Å². The van der Waals surface area contributed by atoms with E-state index in [0.29, 0.717) is 6.54 Å². The minimum atomic E-state index is -0.235. The first kappa shape index (κ1) is 14.2. The number of rotatable bonds is 4. The molecule has 1 aromatic carbocycles. The van der Waals surface area contributed by atoms with E-state index in [1.807, 2.05) is 6.07 Å². The van der Waals surface area contributed by atoms with Crippen LogP contribution < -0.4 is 10.6 Å². The van der Waals surface area contributed by atoms with E-state index in [0.717, 1.165) is 50.4 Å². The lowest BCUT2D eigenvalue weighted by molar-refractivity contribution is 0.204. The zero-order chi connectivity index (χ0) is 13.7. The summed E-state index contributed by atoms with van der Waals surface area (Å²) in [7, 11) is 0. The smallest absolute Gasteiger partial charge is 0.123 e. The molecule has 1 heterocycles. The van der Waals surface area contributed by atoms with Gasteiger partial charge in [0, 0.05) is 38.4 Å². The van der Waals surface area contributed by atoms with E-state index >= 15 is 0 Å². The maximum absolute atomic E-state index is 13.2. The van der Waals surface area contributed by atoms with Crippen molar-refractivity contribution in [1.29, 1.82) is 0 Å². The Bertz CT molecular complexity index is 414. The highest BCUT2D eigenvalue weighted by Crippen LogP contribution is 2.22. The van der Waals surface area contributed by atoms with Gasteiger partial charge >= 0.3 is 0 Å². The van der Waals surface area contributed by atoms with Gasteiger partial charge in [0.15, 0.2) is 0 Å². The SMILES string of the molecule is NCc1cc(F)ccc1N1CCCN(CCO)CC1. The molecule has 1 aliphatic heterocycles. The number of nitrogens with zero attached hydrogens (tertiary/aromatic N) is 2. The number of hydrogen-bond acceptors (Lipinski definition) is 4. The van der Waals surface area contributed by atoms with Crippen molar-refractivity contribution in [3.8, 4) is 0 Å². The van der Waals surface area contributed by atoms with E-state index in [2.05, 4.69) is 9.80 Å². The van der Waals surface area contributed by atoms with Crippen LogP contribution in [0.3, 0.4) is 0 Å². The molecular formula is C14H22FN3O. The van der Waals surface area contributed by atoms with Crippen LogP contribution in [0.15, 0.2) is 18.2 Å². The van der Waals surface area contributed by atoms with E-state index < -0.39 is 0 Å². The number of aliphatic hydroxyl groups excluding tert-OH is 1. The van der Waals surface area contributed by atoms with Gasteiger partial charge in [0.05, 0.1) is 6.61 Å². The van der Waals surface area contributed by atoms with E-state index in [4.69, 9.17) is 10.8 Å². The number of hydrogen-bond donors (Lipinski definition) is 2. The quantitative estimate of drug-likeness (QED) is 0.847. The number of aliphatic hydroxyl groups is 1. The largest absolute Gasteiger partial charge is 0.395 e. The van der Waals surface area contributed by atoms with Crippen LogP contribution in [-0.4, -0.2) is 49.3 Å². The molecule has 0 unspecified atom stereocenters. The van der Waals surface area contributed by atoms with Crippen LogP contribution in [0.5, 0.6) is 0 Å². The number of halogens is 1. The maximum atomic E-state index is 13.2. The molecule has 0 aliphatic carbocycles. The maximum Gasteiger partial charge on any atom is 0.123 e. The summed E-state index contributed by atoms with van der Waals surface area (Å²) in [4.78, 5) is 4.52. The highest BCUT2D eigenvalue weighted by molar-refractivity contribution is 5.54. The van der Waals surface area contributed by atoms with E-state index in [1.54, 1.807) is 0 Å². The van der Waals surface area contributed by atoms with Gasteiger partial charge in [-0.1, -0.05) is 0 Å². The summed E-state index contributed by atoms with van der Waals surface area (Å²) < 4.78 is 13.2. The Morgan fingerprint density at radius 3 is 2.79 bits per heavy atom. The Hall–Kier alpha value is -1.17. The average molecular weight is 267 g/mol. The van der Waals surface area contributed by atoms with E-state index in [1.165, 1.54) is 12.1 Å². The van der Waals surface area contributed by atoms with Crippen molar-refractivity contribution in [3.05, 3.63) is 29.6 Å². The highest BCUT2D eigenvalue weighted by Gasteiger charge is 2.16. The van der Waals surface area contributed by atoms with E-state index in [9.17, 15) is 4.39 Å². The number of benzene rings is 1. The normalized spacial score (nSPS) is 17.5. The minimum Gasteiger partial charge on any atom is -0.395 e. The summed E-state index contributed by atoms with van der Waals surface area (Å²) in [5.74, 6) is -0.235.